The van der Waals surface area contributed by atoms with Crippen molar-refractivity contribution in [2.75, 3.05) is 25.6 Å². The summed E-state index contributed by atoms with van der Waals surface area (Å²) < 4.78 is 4.86. The van der Waals surface area contributed by atoms with E-state index in [1.165, 1.54) is 0 Å². The highest BCUT2D eigenvalue weighted by atomic mass is 16.5. The molecule has 1 aromatic rings. The average Bonchev–Trinajstić information content (AvgIpc) is 2.47. The number of anilines is 1. The zero-order valence-electron chi connectivity index (χ0n) is 12.4. The number of allylic oxidation sites excluding steroid dienone is 1. The molecule has 0 spiro atoms. The Labute approximate surface area is 125 Å². The van der Waals surface area contributed by atoms with Crippen LogP contribution in [-0.2, 0) is 20.7 Å². The lowest BCUT2D eigenvalue weighted by Gasteiger charge is -2.07. The first-order valence-corrected chi connectivity index (χ1v) is 6.91. The highest BCUT2D eigenvalue weighted by Crippen LogP contribution is 2.10. The van der Waals surface area contributed by atoms with E-state index in [0.29, 0.717) is 32.4 Å². The first kappa shape index (κ1) is 16.9. The second-order valence-electron chi connectivity index (χ2n) is 4.59. The van der Waals surface area contributed by atoms with Crippen LogP contribution in [0.15, 0.2) is 36.9 Å². The fourth-order valence-electron chi connectivity index (χ4n) is 1.70. The van der Waals surface area contributed by atoms with Crippen molar-refractivity contribution in [3.63, 3.8) is 0 Å². The van der Waals surface area contributed by atoms with Crippen molar-refractivity contribution in [3.8, 4) is 0 Å². The van der Waals surface area contributed by atoms with Crippen LogP contribution in [-0.4, -0.2) is 32.1 Å². The lowest BCUT2D eigenvalue weighted by atomic mass is 10.1. The molecule has 0 saturated carbocycles. The first-order chi connectivity index (χ1) is 10.2. The van der Waals surface area contributed by atoms with Gasteiger partial charge in [-0.2, -0.15) is 0 Å². The molecule has 5 heteroatoms. The van der Waals surface area contributed by atoms with E-state index in [-0.39, 0.29) is 11.8 Å². The quantitative estimate of drug-likeness (QED) is 0.539. The van der Waals surface area contributed by atoms with Gasteiger partial charge in [-0.05, 0) is 24.1 Å². The Morgan fingerprint density at radius 2 is 1.95 bits per heavy atom. The van der Waals surface area contributed by atoms with E-state index in [2.05, 4.69) is 17.2 Å². The van der Waals surface area contributed by atoms with Crippen molar-refractivity contribution in [1.29, 1.82) is 0 Å². The molecule has 0 heterocycles. The molecule has 2 N–H and O–H groups in total. The van der Waals surface area contributed by atoms with Crippen LogP contribution in [0.25, 0.3) is 0 Å². The zero-order valence-corrected chi connectivity index (χ0v) is 12.4. The number of hydrogen-bond donors (Lipinski definition) is 2. The molecule has 0 aliphatic heterocycles. The van der Waals surface area contributed by atoms with Gasteiger partial charge in [0, 0.05) is 25.8 Å². The third-order valence-corrected chi connectivity index (χ3v) is 2.81. The highest BCUT2D eigenvalue weighted by Gasteiger charge is 2.04. The van der Waals surface area contributed by atoms with Gasteiger partial charge >= 0.3 is 0 Å². The fraction of sp³-hybridized carbons (Fsp3) is 0.375. The number of benzene rings is 1. The lowest BCUT2D eigenvalue weighted by Crippen LogP contribution is -2.28. The normalized spacial score (nSPS) is 9.95. The van der Waals surface area contributed by atoms with Crippen molar-refractivity contribution in [1.82, 2.24) is 5.32 Å². The van der Waals surface area contributed by atoms with E-state index in [1.54, 1.807) is 25.3 Å². The molecule has 5 nitrogen and oxygen atoms in total. The third kappa shape index (κ3) is 7.27. The van der Waals surface area contributed by atoms with Crippen LogP contribution in [0.3, 0.4) is 0 Å². The zero-order chi connectivity index (χ0) is 15.5. The largest absolute Gasteiger partial charge is 0.383 e. The molecule has 1 rings (SSSR count). The van der Waals surface area contributed by atoms with E-state index in [4.69, 9.17) is 4.74 Å². The molecule has 0 bridgehead atoms. The number of hydrogen-bond acceptors (Lipinski definition) is 3. The van der Waals surface area contributed by atoms with Gasteiger partial charge in [0.1, 0.15) is 0 Å². The number of rotatable bonds is 9. The Hall–Kier alpha value is -2.14. The monoisotopic (exact) mass is 290 g/mol. The van der Waals surface area contributed by atoms with Crippen LogP contribution < -0.4 is 10.6 Å². The van der Waals surface area contributed by atoms with Gasteiger partial charge in [0.05, 0.1) is 13.0 Å². The minimum atomic E-state index is -0.0465. The standard InChI is InChI=1S/C16H22N2O3/c1-3-4-5-15(19)18-14-8-6-13(7-9-14)12-16(20)17-10-11-21-2/h3,6-9H,1,4-5,10-12H2,2H3,(H,17,20)(H,18,19). The molecule has 0 fully saturated rings. The van der Waals surface area contributed by atoms with E-state index >= 15 is 0 Å². The Balaban J connectivity index is 2.41. The molecule has 114 valence electrons. The van der Waals surface area contributed by atoms with E-state index in [9.17, 15) is 9.59 Å². The molecule has 0 aromatic heterocycles. The third-order valence-electron chi connectivity index (χ3n) is 2.81. The number of ether oxygens (including phenoxy) is 1. The van der Waals surface area contributed by atoms with Gasteiger partial charge < -0.3 is 15.4 Å². The summed E-state index contributed by atoms with van der Waals surface area (Å²) in [6, 6.07) is 7.26. The molecule has 2 amide bonds. The maximum atomic E-state index is 11.6. The number of methoxy groups -OCH3 is 1. The van der Waals surface area contributed by atoms with Crippen molar-refractivity contribution in [2.24, 2.45) is 0 Å². The van der Waals surface area contributed by atoms with Crippen molar-refractivity contribution < 1.29 is 14.3 Å². The van der Waals surface area contributed by atoms with Crippen LogP contribution in [0.2, 0.25) is 0 Å². The predicted molar refractivity (Wildman–Crippen MR) is 83.1 cm³/mol. The van der Waals surface area contributed by atoms with Gasteiger partial charge in [-0.25, -0.2) is 0 Å². The molecule has 0 atom stereocenters. The van der Waals surface area contributed by atoms with Crippen LogP contribution >= 0.6 is 0 Å². The first-order valence-electron chi connectivity index (χ1n) is 6.91. The molecular weight excluding hydrogens is 268 g/mol. The molecular formula is C16H22N2O3. The Morgan fingerprint density at radius 3 is 2.57 bits per heavy atom. The molecule has 0 aliphatic rings. The average molecular weight is 290 g/mol. The molecule has 0 unspecified atom stereocenters. The summed E-state index contributed by atoms with van der Waals surface area (Å²) in [4.78, 5) is 23.2. The van der Waals surface area contributed by atoms with Crippen molar-refractivity contribution in [2.45, 2.75) is 19.3 Å². The van der Waals surface area contributed by atoms with Crippen LogP contribution in [0, 0.1) is 0 Å². The highest BCUT2D eigenvalue weighted by molar-refractivity contribution is 5.90. The van der Waals surface area contributed by atoms with Gasteiger partial charge in [0.25, 0.3) is 0 Å². The van der Waals surface area contributed by atoms with Gasteiger partial charge in [-0.3, -0.25) is 9.59 Å². The minimum absolute atomic E-state index is 0.0417. The smallest absolute Gasteiger partial charge is 0.224 e. The second kappa shape index (κ2) is 9.72. The maximum Gasteiger partial charge on any atom is 0.224 e. The summed E-state index contributed by atoms with van der Waals surface area (Å²) in [5.41, 5.74) is 1.63. The Morgan fingerprint density at radius 1 is 1.24 bits per heavy atom. The predicted octanol–water partition coefficient (Wildman–Crippen LogP) is 1.90. The van der Waals surface area contributed by atoms with Gasteiger partial charge in [-0.15, -0.1) is 6.58 Å². The summed E-state index contributed by atoms with van der Waals surface area (Å²) in [6.07, 6.45) is 3.11. The van der Waals surface area contributed by atoms with Gasteiger partial charge in [-0.1, -0.05) is 18.2 Å². The van der Waals surface area contributed by atoms with Crippen LogP contribution in [0.5, 0.6) is 0 Å². The number of carbonyl (C=O) groups excluding carboxylic acids is 2. The van der Waals surface area contributed by atoms with Crippen molar-refractivity contribution in [3.05, 3.63) is 42.5 Å². The SMILES string of the molecule is C=CCCC(=O)Nc1ccc(CC(=O)NCCOC)cc1. The summed E-state index contributed by atoms with van der Waals surface area (Å²) in [7, 11) is 1.59. The lowest BCUT2D eigenvalue weighted by molar-refractivity contribution is -0.120. The summed E-state index contributed by atoms with van der Waals surface area (Å²) in [5, 5.41) is 5.55. The second-order valence-corrected chi connectivity index (χ2v) is 4.59. The van der Waals surface area contributed by atoms with E-state index in [1.807, 2.05) is 12.1 Å². The van der Waals surface area contributed by atoms with Crippen molar-refractivity contribution >= 4 is 17.5 Å². The Kier molecular flexibility index (Phi) is 7.82. The maximum absolute atomic E-state index is 11.6. The van der Waals surface area contributed by atoms with Crippen LogP contribution in [0.4, 0.5) is 5.69 Å². The minimum Gasteiger partial charge on any atom is -0.383 e. The number of amides is 2. The number of nitrogens with one attached hydrogen (secondary N) is 2. The van der Waals surface area contributed by atoms with Gasteiger partial charge in [0.2, 0.25) is 11.8 Å². The Bertz CT molecular complexity index is 469. The van der Waals surface area contributed by atoms with E-state index < -0.39 is 0 Å². The van der Waals surface area contributed by atoms with Crippen LogP contribution in [0.1, 0.15) is 18.4 Å². The summed E-state index contributed by atoms with van der Waals surface area (Å²) >= 11 is 0. The molecule has 0 radical (unpaired) electrons. The summed E-state index contributed by atoms with van der Waals surface area (Å²) in [6.45, 7) is 4.59. The summed E-state index contributed by atoms with van der Waals surface area (Å²) in [5.74, 6) is -0.0882. The molecule has 21 heavy (non-hydrogen) atoms. The molecule has 1 aromatic carbocycles. The number of carbonyl (C=O) groups is 2. The molecule has 0 saturated heterocycles. The van der Waals surface area contributed by atoms with E-state index in [0.717, 1.165) is 11.3 Å². The fourth-order valence-corrected chi connectivity index (χ4v) is 1.70. The molecule has 0 aliphatic carbocycles. The topological polar surface area (TPSA) is 67.4 Å². The van der Waals surface area contributed by atoms with Gasteiger partial charge in [0.15, 0.2) is 0 Å².